The lowest BCUT2D eigenvalue weighted by Crippen LogP contribution is -2.22. The molecule has 5 heteroatoms. The van der Waals surface area contributed by atoms with Crippen LogP contribution in [-0.4, -0.2) is 17.0 Å². The fourth-order valence-electron chi connectivity index (χ4n) is 1.86. The molecule has 0 heterocycles. The van der Waals surface area contributed by atoms with Gasteiger partial charge in [0.25, 0.3) is 0 Å². The molecule has 0 saturated heterocycles. The molecular formula is C13H13N3O2. The third kappa shape index (κ3) is 2.24. The van der Waals surface area contributed by atoms with Crippen molar-refractivity contribution >= 4 is 22.7 Å². The minimum Gasteiger partial charge on any atom is -0.478 e. The summed E-state index contributed by atoms with van der Waals surface area (Å²) in [6, 6.07) is 10.6. The molecule has 0 spiro atoms. The van der Waals surface area contributed by atoms with Gasteiger partial charge in [-0.05, 0) is 22.4 Å². The van der Waals surface area contributed by atoms with Crippen LogP contribution in [0.25, 0.3) is 10.8 Å². The summed E-state index contributed by atoms with van der Waals surface area (Å²) in [5.41, 5.74) is 11.8. The standard InChI is InChI=1S/C13H13N3O2/c14-13(15)16-7-8-5-6-11(12(17)18)10-4-2-1-3-9(8)10/h1-6H,7H2,(H,17,18)(H4,14,15,16). The predicted octanol–water partition coefficient (Wildman–Crippen LogP) is 1.31. The first-order chi connectivity index (χ1) is 8.59. The number of fused-ring (bicyclic) bond motifs is 1. The van der Waals surface area contributed by atoms with Crippen LogP contribution in [0.3, 0.4) is 0 Å². The molecule has 0 bridgehead atoms. The number of aliphatic imine (C=N–C) groups is 1. The number of benzene rings is 2. The van der Waals surface area contributed by atoms with Gasteiger partial charge in [-0.1, -0.05) is 30.3 Å². The number of carboxylic acid groups (broad SMARTS) is 1. The molecule has 0 fully saturated rings. The Labute approximate surface area is 104 Å². The highest BCUT2D eigenvalue weighted by Gasteiger charge is 2.10. The number of hydrogen-bond acceptors (Lipinski definition) is 2. The molecule has 0 aliphatic carbocycles. The van der Waals surface area contributed by atoms with Crippen LogP contribution in [0.2, 0.25) is 0 Å². The average Bonchev–Trinajstić information content (AvgIpc) is 2.35. The summed E-state index contributed by atoms with van der Waals surface area (Å²) in [6.45, 7) is 0.336. The first-order valence-corrected chi connectivity index (χ1v) is 5.39. The zero-order chi connectivity index (χ0) is 13.1. The van der Waals surface area contributed by atoms with Crippen LogP contribution < -0.4 is 11.5 Å². The molecule has 0 radical (unpaired) electrons. The monoisotopic (exact) mass is 243 g/mol. The van der Waals surface area contributed by atoms with Gasteiger partial charge in [-0.25, -0.2) is 9.79 Å². The minimum atomic E-state index is -0.945. The van der Waals surface area contributed by atoms with E-state index in [1.165, 1.54) is 0 Å². The van der Waals surface area contributed by atoms with Crippen molar-refractivity contribution in [2.45, 2.75) is 6.54 Å². The molecule has 0 aliphatic heterocycles. The van der Waals surface area contributed by atoms with Crippen LogP contribution in [0.1, 0.15) is 15.9 Å². The maximum Gasteiger partial charge on any atom is 0.336 e. The molecule has 18 heavy (non-hydrogen) atoms. The Morgan fingerprint density at radius 2 is 1.78 bits per heavy atom. The van der Waals surface area contributed by atoms with Gasteiger partial charge in [-0.15, -0.1) is 0 Å². The summed E-state index contributed by atoms with van der Waals surface area (Å²) < 4.78 is 0. The third-order valence-electron chi connectivity index (χ3n) is 2.68. The quantitative estimate of drug-likeness (QED) is 0.558. The smallest absolute Gasteiger partial charge is 0.336 e. The van der Waals surface area contributed by atoms with Gasteiger partial charge in [0.1, 0.15) is 0 Å². The molecule has 0 aromatic heterocycles. The fraction of sp³-hybridized carbons (Fsp3) is 0.0769. The van der Waals surface area contributed by atoms with Crippen LogP contribution in [0.5, 0.6) is 0 Å². The second-order valence-corrected chi connectivity index (χ2v) is 3.86. The van der Waals surface area contributed by atoms with E-state index < -0.39 is 5.97 Å². The van der Waals surface area contributed by atoms with E-state index in [0.29, 0.717) is 11.9 Å². The highest BCUT2D eigenvalue weighted by Crippen LogP contribution is 2.23. The molecule has 2 rings (SSSR count). The lowest BCUT2D eigenvalue weighted by Gasteiger charge is -2.07. The van der Waals surface area contributed by atoms with Crippen molar-refractivity contribution in [3.8, 4) is 0 Å². The Balaban J connectivity index is 2.61. The molecule has 0 aliphatic rings. The van der Waals surface area contributed by atoms with E-state index in [0.717, 1.165) is 10.9 Å². The largest absolute Gasteiger partial charge is 0.478 e. The summed E-state index contributed by atoms with van der Waals surface area (Å²) in [7, 11) is 0. The van der Waals surface area contributed by atoms with E-state index in [1.807, 2.05) is 12.1 Å². The SMILES string of the molecule is NC(N)=NCc1ccc(C(=O)O)c2ccccc12. The van der Waals surface area contributed by atoms with E-state index in [9.17, 15) is 4.79 Å². The van der Waals surface area contributed by atoms with E-state index in [-0.39, 0.29) is 11.5 Å². The van der Waals surface area contributed by atoms with Gasteiger partial charge < -0.3 is 16.6 Å². The first kappa shape index (κ1) is 11.9. The highest BCUT2D eigenvalue weighted by atomic mass is 16.4. The number of carboxylic acids is 1. The number of guanidine groups is 1. The van der Waals surface area contributed by atoms with Gasteiger partial charge >= 0.3 is 5.97 Å². The second-order valence-electron chi connectivity index (χ2n) is 3.86. The van der Waals surface area contributed by atoms with Crippen molar-refractivity contribution in [3.05, 3.63) is 47.5 Å². The Hall–Kier alpha value is -2.56. The fourth-order valence-corrected chi connectivity index (χ4v) is 1.86. The van der Waals surface area contributed by atoms with Gasteiger partial charge in [0.05, 0.1) is 12.1 Å². The van der Waals surface area contributed by atoms with Crippen molar-refractivity contribution in [2.75, 3.05) is 0 Å². The average molecular weight is 243 g/mol. The summed E-state index contributed by atoms with van der Waals surface area (Å²) in [4.78, 5) is 15.1. The Morgan fingerprint density at radius 3 is 2.39 bits per heavy atom. The zero-order valence-corrected chi connectivity index (χ0v) is 9.63. The molecule has 0 atom stereocenters. The molecule has 5 N–H and O–H groups in total. The van der Waals surface area contributed by atoms with E-state index >= 15 is 0 Å². The van der Waals surface area contributed by atoms with Crippen LogP contribution in [0.15, 0.2) is 41.4 Å². The number of carbonyl (C=O) groups is 1. The van der Waals surface area contributed by atoms with Gasteiger partial charge in [-0.3, -0.25) is 0 Å². The maximum atomic E-state index is 11.1. The van der Waals surface area contributed by atoms with Gasteiger partial charge in [0, 0.05) is 0 Å². The van der Waals surface area contributed by atoms with Crippen LogP contribution in [0, 0.1) is 0 Å². The maximum absolute atomic E-state index is 11.1. The molecule has 0 amide bonds. The topological polar surface area (TPSA) is 102 Å². The van der Waals surface area contributed by atoms with Gasteiger partial charge in [0.2, 0.25) is 0 Å². The number of nitrogens with zero attached hydrogens (tertiary/aromatic N) is 1. The Morgan fingerprint density at radius 1 is 1.11 bits per heavy atom. The van der Waals surface area contributed by atoms with Gasteiger partial charge in [-0.2, -0.15) is 0 Å². The summed E-state index contributed by atoms with van der Waals surface area (Å²) in [5, 5.41) is 10.7. The van der Waals surface area contributed by atoms with Crippen molar-refractivity contribution in [3.63, 3.8) is 0 Å². The number of hydrogen-bond donors (Lipinski definition) is 3. The first-order valence-electron chi connectivity index (χ1n) is 5.39. The molecular weight excluding hydrogens is 230 g/mol. The Bertz CT molecular complexity index is 631. The normalized spacial score (nSPS) is 10.2. The Kier molecular flexibility index (Phi) is 3.14. The van der Waals surface area contributed by atoms with Crippen molar-refractivity contribution in [1.29, 1.82) is 0 Å². The van der Waals surface area contributed by atoms with Crippen LogP contribution in [-0.2, 0) is 6.54 Å². The van der Waals surface area contributed by atoms with E-state index in [2.05, 4.69) is 4.99 Å². The molecule has 2 aromatic carbocycles. The molecule has 5 nitrogen and oxygen atoms in total. The zero-order valence-electron chi connectivity index (χ0n) is 9.63. The number of rotatable bonds is 3. The molecule has 92 valence electrons. The lowest BCUT2D eigenvalue weighted by molar-refractivity contribution is 0.0699. The van der Waals surface area contributed by atoms with E-state index in [1.54, 1.807) is 24.3 Å². The number of nitrogens with two attached hydrogens (primary N) is 2. The van der Waals surface area contributed by atoms with E-state index in [4.69, 9.17) is 16.6 Å². The predicted molar refractivity (Wildman–Crippen MR) is 70.4 cm³/mol. The second kappa shape index (κ2) is 4.75. The lowest BCUT2D eigenvalue weighted by atomic mass is 9.99. The summed E-state index contributed by atoms with van der Waals surface area (Å²) in [5.74, 6) is -0.930. The van der Waals surface area contributed by atoms with Crippen molar-refractivity contribution < 1.29 is 9.90 Å². The number of aromatic carboxylic acids is 1. The summed E-state index contributed by atoms with van der Waals surface area (Å²) in [6.07, 6.45) is 0. The van der Waals surface area contributed by atoms with Crippen molar-refractivity contribution in [2.24, 2.45) is 16.5 Å². The van der Waals surface area contributed by atoms with Crippen LogP contribution in [0.4, 0.5) is 0 Å². The highest BCUT2D eigenvalue weighted by molar-refractivity contribution is 6.04. The molecule has 0 saturated carbocycles. The van der Waals surface area contributed by atoms with Crippen LogP contribution >= 0.6 is 0 Å². The summed E-state index contributed by atoms with van der Waals surface area (Å²) >= 11 is 0. The van der Waals surface area contributed by atoms with Gasteiger partial charge in [0.15, 0.2) is 5.96 Å². The molecule has 0 unspecified atom stereocenters. The minimum absolute atomic E-state index is 0.0152. The third-order valence-corrected chi connectivity index (χ3v) is 2.68. The van der Waals surface area contributed by atoms with Crippen molar-refractivity contribution in [1.82, 2.24) is 0 Å². The molecule has 2 aromatic rings.